The van der Waals surface area contributed by atoms with E-state index in [1.165, 1.54) is 24.1 Å². The van der Waals surface area contributed by atoms with Gasteiger partial charge in [-0.25, -0.2) is 0 Å². The smallest absolute Gasteiger partial charge is 0.120 e. The Kier molecular flexibility index (Phi) is 3.50. The Balaban J connectivity index is 1.77. The normalized spacial score (nSPS) is 15.5. The van der Waals surface area contributed by atoms with Gasteiger partial charge in [-0.1, -0.05) is 18.2 Å². The average Bonchev–Trinajstić information content (AvgIpc) is 3.28. The van der Waals surface area contributed by atoms with Gasteiger partial charge < -0.3 is 15.4 Å². The van der Waals surface area contributed by atoms with E-state index in [2.05, 4.69) is 36.2 Å². The molecule has 2 N–H and O–H groups in total. The number of likely N-dealkylation sites (N-methyl/N-ethyl adjacent to an activating group) is 1. The Labute approximate surface area is 126 Å². The van der Waals surface area contributed by atoms with Crippen molar-refractivity contribution in [1.29, 1.82) is 0 Å². The zero-order chi connectivity index (χ0) is 14.9. The number of nitrogens with two attached hydrogens (primary N) is 1. The Morgan fingerprint density at radius 3 is 2.48 bits per heavy atom. The molecule has 0 unspecified atom stereocenters. The molecule has 110 valence electrons. The van der Waals surface area contributed by atoms with Crippen LogP contribution in [0.1, 0.15) is 18.4 Å². The van der Waals surface area contributed by atoms with Crippen LogP contribution in [-0.4, -0.2) is 20.7 Å². The third-order valence-electron chi connectivity index (χ3n) is 4.41. The highest BCUT2D eigenvalue weighted by atomic mass is 16.5. The minimum Gasteiger partial charge on any atom is -0.497 e. The maximum atomic E-state index is 5.79. The van der Waals surface area contributed by atoms with Crippen molar-refractivity contribution in [2.24, 2.45) is 0 Å². The molecule has 3 heteroatoms. The molecule has 1 aliphatic carbocycles. The third kappa shape index (κ3) is 2.82. The van der Waals surface area contributed by atoms with E-state index in [4.69, 9.17) is 10.5 Å². The van der Waals surface area contributed by atoms with Gasteiger partial charge in [-0.05, 0) is 42.7 Å². The first-order valence-electron chi connectivity index (χ1n) is 7.34. The molecule has 2 aromatic rings. The molecule has 3 nitrogen and oxygen atoms in total. The standard InChI is InChI=1S/C18H22N2O/c1-20(16-4-3-5-17(12-16)21-2)13-18(10-11-18)14-6-8-15(19)9-7-14/h3-9,12H,10-11,13,19H2,1-2H3. The maximum absolute atomic E-state index is 5.79. The van der Waals surface area contributed by atoms with Crippen LogP contribution in [0.15, 0.2) is 48.5 Å². The monoisotopic (exact) mass is 282 g/mol. The molecule has 0 atom stereocenters. The Morgan fingerprint density at radius 1 is 1.14 bits per heavy atom. The molecule has 2 aromatic carbocycles. The summed E-state index contributed by atoms with van der Waals surface area (Å²) in [7, 11) is 3.85. The Morgan fingerprint density at radius 2 is 1.86 bits per heavy atom. The fourth-order valence-electron chi connectivity index (χ4n) is 2.92. The molecular formula is C18H22N2O. The predicted molar refractivity (Wildman–Crippen MR) is 88.0 cm³/mol. The first-order valence-corrected chi connectivity index (χ1v) is 7.34. The van der Waals surface area contributed by atoms with Gasteiger partial charge in [-0.15, -0.1) is 0 Å². The number of hydrogen-bond donors (Lipinski definition) is 1. The zero-order valence-electron chi connectivity index (χ0n) is 12.7. The molecule has 1 saturated carbocycles. The first-order chi connectivity index (χ1) is 10.1. The fraction of sp³-hybridized carbons (Fsp3) is 0.333. The molecular weight excluding hydrogens is 260 g/mol. The summed E-state index contributed by atoms with van der Waals surface area (Å²) in [6, 6.07) is 16.6. The van der Waals surface area contributed by atoms with Gasteiger partial charge >= 0.3 is 0 Å². The first kappa shape index (κ1) is 13.8. The lowest BCUT2D eigenvalue weighted by Crippen LogP contribution is -2.29. The van der Waals surface area contributed by atoms with Crippen molar-refractivity contribution in [3.8, 4) is 5.75 Å². The van der Waals surface area contributed by atoms with E-state index >= 15 is 0 Å². The molecule has 0 aliphatic heterocycles. The number of methoxy groups -OCH3 is 1. The van der Waals surface area contributed by atoms with Crippen LogP contribution in [0, 0.1) is 0 Å². The molecule has 0 heterocycles. The van der Waals surface area contributed by atoms with Crippen LogP contribution in [-0.2, 0) is 5.41 Å². The summed E-state index contributed by atoms with van der Waals surface area (Å²) in [6.07, 6.45) is 2.48. The highest BCUT2D eigenvalue weighted by Crippen LogP contribution is 2.49. The van der Waals surface area contributed by atoms with E-state index in [1.54, 1.807) is 7.11 Å². The molecule has 0 aromatic heterocycles. The highest BCUT2D eigenvalue weighted by molar-refractivity contribution is 5.52. The van der Waals surface area contributed by atoms with Crippen LogP contribution in [0.25, 0.3) is 0 Å². The lowest BCUT2D eigenvalue weighted by molar-refractivity contribution is 0.415. The number of ether oxygens (including phenoxy) is 1. The number of hydrogen-bond acceptors (Lipinski definition) is 3. The minimum absolute atomic E-state index is 0.283. The van der Waals surface area contributed by atoms with E-state index in [0.29, 0.717) is 0 Å². The molecule has 0 saturated heterocycles. The van der Waals surface area contributed by atoms with E-state index in [-0.39, 0.29) is 5.41 Å². The summed E-state index contributed by atoms with van der Waals surface area (Å²) in [6.45, 7) is 1.02. The number of benzene rings is 2. The van der Waals surface area contributed by atoms with Crippen molar-refractivity contribution in [1.82, 2.24) is 0 Å². The molecule has 21 heavy (non-hydrogen) atoms. The van der Waals surface area contributed by atoms with E-state index in [9.17, 15) is 0 Å². The van der Waals surface area contributed by atoms with Crippen LogP contribution in [0.2, 0.25) is 0 Å². The molecule has 0 bridgehead atoms. The number of rotatable bonds is 5. The third-order valence-corrected chi connectivity index (χ3v) is 4.41. The van der Waals surface area contributed by atoms with Crippen LogP contribution in [0.4, 0.5) is 11.4 Å². The molecule has 0 radical (unpaired) electrons. The van der Waals surface area contributed by atoms with Gasteiger partial charge in [0, 0.05) is 36.4 Å². The lowest BCUT2D eigenvalue weighted by atomic mass is 9.95. The summed E-state index contributed by atoms with van der Waals surface area (Å²) in [5.41, 5.74) is 9.49. The topological polar surface area (TPSA) is 38.5 Å². The van der Waals surface area contributed by atoms with Crippen molar-refractivity contribution < 1.29 is 4.74 Å². The zero-order valence-corrected chi connectivity index (χ0v) is 12.7. The Hall–Kier alpha value is -2.16. The van der Waals surface area contributed by atoms with Gasteiger partial charge in [-0.2, -0.15) is 0 Å². The van der Waals surface area contributed by atoms with Crippen molar-refractivity contribution in [2.45, 2.75) is 18.3 Å². The predicted octanol–water partition coefficient (Wildman–Crippen LogP) is 3.45. The maximum Gasteiger partial charge on any atom is 0.120 e. The molecule has 0 spiro atoms. The molecule has 1 aliphatic rings. The highest BCUT2D eigenvalue weighted by Gasteiger charge is 2.45. The van der Waals surface area contributed by atoms with Gasteiger partial charge in [-0.3, -0.25) is 0 Å². The Bertz CT molecular complexity index is 617. The van der Waals surface area contributed by atoms with Crippen LogP contribution in [0.3, 0.4) is 0 Å². The van der Waals surface area contributed by atoms with Crippen molar-refractivity contribution in [3.05, 3.63) is 54.1 Å². The van der Waals surface area contributed by atoms with E-state index < -0.39 is 0 Å². The van der Waals surface area contributed by atoms with Crippen molar-refractivity contribution in [3.63, 3.8) is 0 Å². The summed E-state index contributed by atoms with van der Waals surface area (Å²) in [5.74, 6) is 0.900. The summed E-state index contributed by atoms with van der Waals surface area (Å²) < 4.78 is 5.31. The van der Waals surface area contributed by atoms with Gasteiger partial charge in [0.1, 0.15) is 5.75 Å². The SMILES string of the molecule is COc1cccc(N(C)CC2(c3ccc(N)cc3)CC2)c1. The van der Waals surface area contributed by atoms with Gasteiger partial charge in [0.25, 0.3) is 0 Å². The second-order valence-corrected chi connectivity index (χ2v) is 5.96. The van der Waals surface area contributed by atoms with E-state index in [0.717, 1.165) is 18.0 Å². The number of anilines is 2. The average molecular weight is 282 g/mol. The van der Waals surface area contributed by atoms with Crippen LogP contribution >= 0.6 is 0 Å². The van der Waals surface area contributed by atoms with Crippen LogP contribution in [0.5, 0.6) is 5.75 Å². The number of nitrogens with zero attached hydrogens (tertiary/aromatic N) is 1. The molecule has 3 rings (SSSR count). The second kappa shape index (κ2) is 5.32. The number of nitrogen functional groups attached to an aromatic ring is 1. The van der Waals surface area contributed by atoms with Gasteiger partial charge in [0.05, 0.1) is 7.11 Å². The van der Waals surface area contributed by atoms with Gasteiger partial charge in [0.15, 0.2) is 0 Å². The summed E-state index contributed by atoms with van der Waals surface area (Å²) in [4.78, 5) is 2.31. The van der Waals surface area contributed by atoms with Gasteiger partial charge in [0.2, 0.25) is 0 Å². The quantitative estimate of drug-likeness (QED) is 0.854. The molecule has 0 amide bonds. The summed E-state index contributed by atoms with van der Waals surface area (Å²) >= 11 is 0. The molecule has 1 fully saturated rings. The summed E-state index contributed by atoms with van der Waals surface area (Å²) in [5, 5.41) is 0. The second-order valence-electron chi connectivity index (χ2n) is 5.96. The van der Waals surface area contributed by atoms with Crippen molar-refractivity contribution >= 4 is 11.4 Å². The largest absolute Gasteiger partial charge is 0.497 e. The van der Waals surface area contributed by atoms with E-state index in [1.807, 2.05) is 24.3 Å². The van der Waals surface area contributed by atoms with Crippen LogP contribution < -0.4 is 15.4 Å². The lowest BCUT2D eigenvalue weighted by Gasteiger charge is -2.26. The minimum atomic E-state index is 0.283. The fourth-order valence-corrected chi connectivity index (χ4v) is 2.92. The van der Waals surface area contributed by atoms with Crippen molar-refractivity contribution in [2.75, 3.05) is 31.3 Å².